The van der Waals surface area contributed by atoms with E-state index in [4.69, 9.17) is 19.4 Å². The minimum absolute atomic E-state index is 0.0535. The number of aliphatic hydroxyl groups excluding tert-OH is 1. The SMILES string of the molecule is CCC1=C(C)C2=Cc3[nH]c(c(CC)c3C)C=C3N=C4C(=C5N=C(C(CC)=C5C)C(=c5ccc(=CO)cc5)C1=N2)C=C(C(=O)O[Si](C)(C)C(C)(C)C)C4(C)C3CC. The first-order valence-electron chi connectivity index (χ1n) is 20.4. The minimum atomic E-state index is -2.47. The van der Waals surface area contributed by atoms with E-state index in [-0.39, 0.29) is 16.9 Å². The highest BCUT2D eigenvalue weighted by Crippen LogP contribution is 2.57. The maximum atomic E-state index is 14.7. The van der Waals surface area contributed by atoms with Crippen LogP contribution in [-0.4, -0.2) is 41.5 Å². The predicted molar refractivity (Wildman–Crippen MR) is 236 cm³/mol. The fourth-order valence-corrected chi connectivity index (χ4v) is 10.0. The number of aliphatic imine (C=N–C) groups is 3. The Labute approximate surface area is 333 Å². The zero-order valence-electron chi connectivity index (χ0n) is 35.6. The van der Waals surface area contributed by atoms with E-state index in [2.05, 4.69) is 125 Å². The van der Waals surface area contributed by atoms with Gasteiger partial charge in [-0.25, -0.2) is 14.8 Å². The third kappa shape index (κ3) is 5.89. The highest BCUT2D eigenvalue weighted by molar-refractivity contribution is 6.75. The summed E-state index contributed by atoms with van der Waals surface area (Å²) in [5, 5.41) is 11.4. The summed E-state index contributed by atoms with van der Waals surface area (Å²) in [6.07, 6.45) is 10.8. The first-order chi connectivity index (χ1) is 26.4. The van der Waals surface area contributed by atoms with Crippen LogP contribution in [0.5, 0.6) is 0 Å². The second kappa shape index (κ2) is 14.0. The van der Waals surface area contributed by atoms with Crippen LogP contribution in [0.1, 0.15) is 111 Å². The van der Waals surface area contributed by atoms with Crippen molar-refractivity contribution in [3.8, 4) is 0 Å². The summed E-state index contributed by atoms with van der Waals surface area (Å²) >= 11 is 0. The van der Waals surface area contributed by atoms with Crippen molar-refractivity contribution in [1.29, 1.82) is 0 Å². The third-order valence-corrected chi connectivity index (χ3v) is 17.8. The summed E-state index contributed by atoms with van der Waals surface area (Å²) in [5.74, 6) is -0.301. The molecule has 56 heavy (non-hydrogen) atoms. The Morgan fingerprint density at radius 1 is 0.893 bits per heavy atom. The summed E-state index contributed by atoms with van der Waals surface area (Å²) in [6.45, 7) is 28.3. The molecule has 7 nitrogen and oxygen atoms in total. The van der Waals surface area contributed by atoms with Crippen molar-refractivity contribution in [3.05, 3.63) is 114 Å². The Bertz CT molecular complexity index is 2490. The van der Waals surface area contributed by atoms with Crippen LogP contribution in [0.25, 0.3) is 24.0 Å². The molecular formula is C48H58N4O3Si. The number of nitrogens with zero attached hydrogens (tertiary/aromatic N) is 3. The number of rotatable bonds is 6. The lowest BCUT2D eigenvalue weighted by atomic mass is 9.70. The van der Waals surface area contributed by atoms with Gasteiger partial charge in [-0.3, -0.25) is 4.99 Å². The number of carbonyl (C=O) groups is 1. The molecule has 5 aliphatic rings. The van der Waals surface area contributed by atoms with Gasteiger partial charge in [0, 0.05) is 44.9 Å². The highest BCUT2D eigenvalue weighted by Gasteiger charge is 2.56. The molecule has 8 heteroatoms. The molecule has 0 spiro atoms. The van der Waals surface area contributed by atoms with Crippen molar-refractivity contribution < 1.29 is 14.3 Å². The fourth-order valence-electron chi connectivity index (χ4n) is 9.12. The van der Waals surface area contributed by atoms with Gasteiger partial charge in [-0.2, -0.15) is 0 Å². The molecule has 0 fully saturated rings. The van der Waals surface area contributed by atoms with Gasteiger partial charge >= 0.3 is 5.97 Å². The van der Waals surface area contributed by atoms with Crippen LogP contribution in [0.2, 0.25) is 18.1 Å². The Morgan fingerprint density at radius 2 is 1.54 bits per heavy atom. The number of H-pyrrole nitrogens is 1. The van der Waals surface area contributed by atoms with Crippen molar-refractivity contribution in [3.63, 3.8) is 0 Å². The van der Waals surface area contributed by atoms with Gasteiger partial charge in [0.15, 0.2) is 0 Å². The quantitative estimate of drug-likeness (QED) is 0.286. The molecule has 0 saturated carbocycles. The highest BCUT2D eigenvalue weighted by atomic mass is 28.4. The van der Waals surface area contributed by atoms with Gasteiger partial charge in [0.2, 0.25) is 0 Å². The molecule has 7 rings (SSSR count). The molecule has 0 amide bonds. The molecule has 0 saturated heterocycles. The van der Waals surface area contributed by atoms with Crippen LogP contribution in [0, 0.1) is 18.3 Å². The summed E-state index contributed by atoms with van der Waals surface area (Å²) < 4.78 is 6.61. The molecule has 1 aromatic heterocycles. The monoisotopic (exact) mass is 766 g/mol. The number of aromatic nitrogens is 1. The lowest BCUT2D eigenvalue weighted by Gasteiger charge is -2.37. The largest absolute Gasteiger partial charge is 0.516 e. The molecular weight excluding hydrogens is 709 g/mol. The smallest absolute Gasteiger partial charge is 0.321 e. The molecule has 2 atom stereocenters. The van der Waals surface area contributed by atoms with E-state index in [1.807, 2.05) is 12.1 Å². The Morgan fingerprint density at radius 3 is 2.12 bits per heavy atom. The van der Waals surface area contributed by atoms with Gasteiger partial charge < -0.3 is 14.5 Å². The summed E-state index contributed by atoms with van der Waals surface area (Å²) in [4.78, 5) is 35.1. The second-order valence-corrected chi connectivity index (χ2v) is 22.3. The van der Waals surface area contributed by atoms with E-state index < -0.39 is 13.7 Å². The summed E-state index contributed by atoms with van der Waals surface area (Å²) in [7, 11) is -2.47. The molecule has 2 N–H and O–H groups in total. The van der Waals surface area contributed by atoms with Gasteiger partial charge in [-0.05, 0) is 128 Å². The molecule has 4 aliphatic heterocycles. The van der Waals surface area contributed by atoms with Crippen molar-refractivity contribution >= 4 is 55.4 Å². The zero-order valence-corrected chi connectivity index (χ0v) is 36.6. The number of fused-ring (bicyclic) bond motifs is 5. The summed E-state index contributed by atoms with van der Waals surface area (Å²) in [6, 6.07) is 7.97. The van der Waals surface area contributed by atoms with Gasteiger partial charge in [0.1, 0.15) is 0 Å². The van der Waals surface area contributed by atoms with E-state index in [1.165, 1.54) is 16.7 Å². The Hall–Kier alpha value is -4.82. The van der Waals surface area contributed by atoms with Crippen LogP contribution < -0.4 is 10.4 Å². The van der Waals surface area contributed by atoms with E-state index in [9.17, 15) is 9.90 Å². The van der Waals surface area contributed by atoms with Crippen LogP contribution in [-0.2, 0) is 15.6 Å². The fraction of sp³-hybridized carbons (Fsp3) is 0.417. The first-order valence-corrected chi connectivity index (χ1v) is 23.3. The van der Waals surface area contributed by atoms with Crippen LogP contribution in [0.3, 0.4) is 0 Å². The van der Waals surface area contributed by atoms with Gasteiger partial charge in [-0.15, -0.1) is 0 Å². The van der Waals surface area contributed by atoms with E-state index in [0.717, 1.165) is 116 Å². The average Bonchev–Trinajstić information content (AvgIpc) is 3.89. The number of aromatic amines is 1. The number of hydrogen-bond donors (Lipinski definition) is 2. The number of allylic oxidation sites excluding steroid dienone is 7. The Balaban J connectivity index is 1.63. The molecule has 0 radical (unpaired) electrons. The third-order valence-electron chi connectivity index (χ3n) is 13.5. The lowest BCUT2D eigenvalue weighted by molar-refractivity contribution is -0.132. The van der Waals surface area contributed by atoms with Crippen molar-refractivity contribution in [1.82, 2.24) is 4.98 Å². The van der Waals surface area contributed by atoms with Crippen molar-refractivity contribution in [2.24, 2.45) is 26.3 Å². The van der Waals surface area contributed by atoms with Crippen molar-refractivity contribution in [2.45, 2.75) is 120 Å². The van der Waals surface area contributed by atoms with Crippen LogP contribution in [0.15, 0.2) is 95.8 Å². The molecule has 5 heterocycles. The molecule has 8 bridgehead atoms. The molecule has 2 aromatic rings. The first kappa shape index (κ1) is 39.4. The maximum absolute atomic E-state index is 14.7. The molecule has 2 unspecified atom stereocenters. The normalized spacial score (nSPS) is 22.0. The minimum Gasteiger partial charge on any atom is -0.516 e. The van der Waals surface area contributed by atoms with Gasteiger partial charge in [0.25, 0.3) is 8.32 Å². The van der Waals surface area contributed by atoms with Crippen LogP contribution in [0.4, 0.5) is 0 Å². The van der Waals surface area contributed by atoms with E-state index in [0.29, 0.717) is 5.57 Å². The topological polar surface area (TPSA) is 99.4 Å². The zero-order chi connectivity index (χ0) is 40.6. The standard InChI is InChI=1S/C48H58N4O3Si/c1-14-31-26(5)37-23-38-27(6)32(15-2)43(50-38)41(30-20-18-29(25-53)19-21-30)44-33(16-3)28(7)42(52-44)34-22-36(46(54)55-56(12,13)47(8,9)10)48(11)35(17-4)40(51-45(34)48)24-39(31)49-37/h18-25,35,49,53H,14-17H2,1-13H3. The van der Waals surface area contributed by atoms with E-state index in [1.54, 1.807) is 0 Å². The molecule has 1 aromatic carbocycles. The van der Waals surface area contributed by atoms with Crippen molar-refractivity contribution in [2.75, 3.05) is 0 Å². The number of benzene rings is 1. The number of aliphatic hydroxyl groups is 1. The van der Waals surface area contributed by atoms with Crippen LogP contribution >= 0.6 is 0 Å². The molecule has 1 aliphatic carbocycles. The Kier molecular flexibility index (Phi) is 9.84. The summed E-state index contributed by atoms with van der Waals surface area (Å²) in [5.41, 5.74) is 16.4. The lowest BCUT2D eigenvalue weighted by Crippen LogP contribution is -2.44. The van der Waals surface area contributed by atoms with Gasteiger partial charge in [-0.1, -0.05) is 72.7 Å². The number of carbonyl (C=O) groups excluding carboxylic acids is 1. The van der Waals surface area contributed by atoms with E-state index >= 15 is 0 Å². The molecule has 292 valence electrons. The second-order valence-electron chi connectivity index (χ2n) is 17.6. The van der Waals surface area contributed by atoms with Gasteiger partial charge in [0.05, 0.1) is 40.2 Å². The number of nitrogens with one attached hydrogen (secondary N) is 1. The number of hydrogen-bond acceptors (Lipinski definition) is 6. The average molecular weight is 767 g/mol. The maximum Gasteiger partial charge on any atom is 0.321 e. The predicted octanol–water partition coefficient (Wildman–Crippen LogP) is 10.3.